The highest BCUT2D eigenvalue weighted by Crippen LogP contribution is 2.68. The second kappa shape index (κ2) is 6.92. The summed E-state index contributed by atoms with van der Waals surface area (Å²) in [5.74, 6) is 3.53. The lowest BCUT2D eigenvalue weighted by atomic mass is 9.44. The summed E-state index contributed by atoms with van der Waals surface area (Å²) < 4.78 is 1.83. The molecule has 0 aliphatic heterocycles. The van der Waals surface area contributed by atoms with Gasteiger partial charge < -0.3 is 5.11 Å². The summed E-state index contributed by atoms with van der Waals surface area (Å²) in [6, 6.07) is 0. The normalized spacial score (nSPS) is 48.0. The van der Waals surface area contributed by atoms with E-state index in [-0.39, 0.29) is 11.3 Å². The molecule has 4 fully saturated rings. The smallest absolute Gasteiger partial charge is 0.157 e. The number of aromatic nitrogens is 2. The summed E-state index contributed by atoms with van der Waals surface area (Å²) in [5, 5.41) is 15.0. The Morgan fingerprint density at radius 3 is 2.57 bits per heavy atom. The van der Waals surface area contributed by atoms with E-state index in [0.717, 1.165) is 36.7 Å². The van der Waals surface area contributed by atoms with E-state index in [4.69, 9.17) is 0 Å². The third-order valence-corrected chi connectivity index (χ3v) is 10.4. The van der Waals surface area contributed by atoms with Crippen LogP contribution in [0, 0.1) is 47.3 Å². The van der Waals surface area contributed by atoms with Crippen LogP contribution in [0.4, 0.5) is 0 Å². The third kappa shape index (κ3) is 3.12. The van der Waals surface area contributed by atoms with Crippen LogP contribution in [0.25, 0.3) is 0 Å². The number of nitrogens with zero attached hydrogens (tertiary/aromatic N) is 2. The predicted molar refractivity (Wildman–Crippen MR) is 118 cm³/mol. The van der Waals surface area contributed by atoms with Crippen LogP contribution in [0.15, 0.2) is 12.4 Å². The van der Waals surface area contributed by atoms with E-state index in [2.05, 4.69) is 18.9 Å². The summed E-state index contributed by atoms with van der Waals surface area (Å²) in [7, 11) is 0. The molecule has 1 N–H and O–H groups in total. The van der Waals surface area contributed by atoms with Gasteiger partial charge in [0.15, 0.2) is 5.78 Å². The van der Waals surface area contributed by atoms with Gasteiger partial charge >= 0.3 is 0 Å². The van der Waals surface area contributed by atoms with Gasteiger partial charge in [0.2, 0.25) is 0 Å². The monoisotopic (exact) mass is 412 g/mol. The second-order valence-corrected chi connectivity index (χ2v) is 12.2. The number of carbonyl (C=O) groups is 1. The summed E-state index contributed by atoms with van der Waals surface area (Å²) in [4.78, 5) is 13.3. The maximum atomic E-state index is 13.3. The first-order valence-corrected chi connectivity index (χ1v) is 12.4. The van der Waals surface area contributed by atoms with Crippen LogP contribution in [-0.2, 0) is 11.3 Å². The number of ketones is 1. The first kappa shape index (κ1) is 20.7. The van der Waals surface area contributed by atoms with Crippen LogP contribution < -0.4 is 0 Å². The zero-order chi connectivity index (χ0) is 21.3. The predicted octanol–water partition coefficient (Wildman–Crippen LogP) is 5.17. The van der Waals surface area contributed by atoms with Gasteiger partial charge in [-0.2, -0.15) is 5.10 Å². The van der Waals surface area contributed by atoms with Gasteiger partial charge in [-0.05, 0) is 112 Å². The van der Waals surface area contributed by atoms with Gasteiger partial charge in [-0.3, -0.25) is 9.48 Å². The van der Waals surface area contributed by atoms with E-state index in [1.807, 2.05) is 30.9 Å². The third-order valence-electron chi connectivity index (χ3n) is 10.4. The Morgan fingerprint density at radius 1 is 1.07 bits per heavy atom. The number of fused-ring (bicyclic) bond motifs is 5. The van der Waals surface area contributed by atoms with Gasteiger partial charge in [0, 0.05) is 12.1 Å². The molecule has 1 aromatic rings. The number of hydrogen-bond donors (Lipinski definition) is 1. The first-order valence-electron chi connectivity index (χ1n) is 12.4. The van der Waals surface area contributed by atoms with Crippen molar-refractivity contribution >= 4 is 5.78 Å². The highest BCUT2D eigenvalue weighted by atomic mass is 16.3. The number of Topliss-reactive ketones (excluding diaryl/α,β-unsaturated/α-hetero) is 1. The van der Waals surface area contributed by atoms with Gasteiger partial charge in [-0.1, -0.05) is 13.8 Å². The van der Waals surface area contributed by atoms with Crippen molar-refractivity contribution in [1.29, 1.82) is 0 Å². The van der Waals surface area contributed by atoms with Crippen molar-refractivity contribution in [2.24, 2.45) is 40.4 Å². The largest absolute Gasteiger partial charge is 0.390 e. The molecule has 0 saturated heterocycles. The Bertz CT molecular complexity index is 829. The number of aryl methyl sites for hydroxylation is 1. The van der Waals surface area contributed by atoms with Crippen molar-refractivity contribution < 1.29 is 9.90 Å². The Kier molecular flexibility index (Phi) is 4.78. The average Bonchev–Trinajstić information content (AvgIpc) is 3.24. The van der Waals surface area contributed by atoms with Crippen LogP contribution in [0.5, 0.6) is 0 Å². The topological polar surface area (TPSA) is 55.1 Å². The molecule has 0 aromatic carbocycles. The van der Waals surface area contributed by atoms with Crippen molar-refractivity contribution in [2.75, 3.05) is 0 Å². The van der Waals surface area contributed by atoms with Crippen LogP contribution in [-0.4, -0.2) is 26.3 Å². The van der Waals surface area contributed by atoms with Crippen molar-refractivity contribution in [3.63, 3.8) is 0 Å². The molecule has 0 radical (unpaired) electrons. The van der Waals surface area contributed by atoms with Crippen LogP contribution in [0.3, 0.4) is 0 Å². The first-order chi connectivity index (χ1) is 14.1. The maximum Gasteiger partial charge on any atom is 0.157 e. The average molecular weight is 413 g/mol. The molecule has 1 heterocycles. The lowest BCUT2D eigenvalue weighted by molar-refractivity contribution is -0.151. The quantitative estimate of drug-likeness (QED) is 0.745. The minimum absolute atomic E-state index is 0.170. The fourth-order valence-corrected chi connectivity index (χ4v) is 8.78. The molecule has 8 atom stereocenters. The lowest BCUT2D eigenvalue weighted by Gasteiger charge is -2.61. The standard InChI is InChI=1S/C26H40N2O2/c1-17-14-27-28(15-17)16-23(29)22-8-7-20-19-6-5-18-13-24(2,30)11-12-25(18,3)21(19)9-10-26(20,22)4/h14-15,18-22,30H,5-13,16H2,1-4H3/t18-,19-,20-,21-,22+,24-,25-,26-/m0/s1. The van der Waals surface area contributed by atoms with Gasteiger partial charge in [0.25, 0.3) is 0 Å². The Morgan fingerprint density at radius 2 is 1.83 bits per heavy atom. The Hall–Kier alpha value is -1.16. The Balaban J connectivity index is 1.34. The molecule has 166 valence electrons. The summed E-state index contributed by atoms with van der Waals surface area (Å²) in [6.45, 7) is 9.50. The number of carbonyl (C=O) groups excluding carboxylic acids is 1. The van der Waals surface area contributed by atoms with Crippen molar-refractivity contribution in [3.8, 4) is 0 Å². The molecular formula is C26H40N2O2. The van der Waals surface area contributed by atoms with Crippen LogP contribution in [0.2, 0.25) is 0 Å². The lowest BCUT2D eigenvalue weighted by Crippen LogP contribution is -2.55. The van der Waals surface area contributed by atoms with Gasteiger partial charge in [0.1, 0.15) is 0 Å². The van der Waals surface area contributed by atoms with Gasteiger partial charge in [-0.25, -0.2) is 0 Å². The van der Waals surface area contributed by atoms with Crippen molar-refractivity contribution in [2.45, 2.75) is 97.6 Å². The fraction of sp³-hybridized carbons (Fsp3) is 0.846. The molecule has 5 rings (SSSR count). The highest BCUT2D eigenvalue weighted by molar-refractivity contribution is 5.82. The maximum absolute atomic E-state index is 13.3. The van der Waals surface area contributed by atoms with E-state index < -0.39 is 5.60 Å². The molecule has 4 nitrogen and oxygen atoms in total. The highest BCUT2D eigenvalue weighted by Gasteiger charge is 2.61. The number of aliphatic hydroxyl groups is 1. The summed E-state index contributed by atoms with van der Waals surface area (Å²) in [5.41, 5.74) is 1.22. The van der Waals surface area contributed by atoms with E-state index in [9.17, 15) is 9.90 Å². The van der Waals surface area contributed by atoms with Crippen molar-refractivity contribution in [1.82, 2.24) is 9.78 Å². The molecule has 4 saturated carbocycles. The number of hydrogen-bond acceptors (Lipinski definition) is 3. The molecule has 0 spiro atoms. The summed E-state index contributed by atoms with van der Waals surface area (Å²) >= 11 is 0. The SMILES string of the molecule is Cc1cnn(CC(=O)[C@H]2CC[C@H]3[C@@H]4CC[C@H]5C[C@@](C)(O)CC[C@]5(C)[C@H]4CC[C@]23C)c1. The van der Waals surface area contributed by atoms with Crippen LogP contribution in [0.1, 0.15) is 84.1 Å². The van der Waals surface area contributed by atoms with E-state index in [1.54, 1.807) is 0 Å². The minimum Gasteiger partial charge on any atom is -0.390 e. The molecule has 0 unspecified atom stereocenters. The van der Waals surface area contributed by atoms with E-state index >= 15 is 0 Å². The second-order valence-electron chi connectivity index (χ2n) is 12.2. The minimum atomic E-state index is -0.462. The van der Waals surface area contributed by atoms with Crippen LogP contribution >= 0.6 is 0 Å². The molecule has 4 aliphatic carbocycles. The molecule has 0 amide bonds. The molecule has 0 bridgehead atoms. The number of rotatable bonds is 3. The van der Waals surface area contributed by atoms with Gasteiger partial charge in [-0.15, -0.1) is 0 Å². The van der Waals surface area contributed by atoms with E-state index in [0.29, 0.717) is 29.6 Å². The van der Waals surface area contributed by atoms with Crippen molar-refractivity contribution in [3.05, 3.63) is 18.0 Å². The van der Waals surface area contributed by atoms with E-state index in [1.165, 1.54) is 38.5 Å². The molecule has 1 aromatic heterocycles. The van der Waals surface area contributed by atoms with Gasteiger partial charge in [0.05, 0.1) is 18.3 Å². The zero-order valence-corrected chi connectivity index (χ0v) is 19.4. The zero-order valence-electron chi connectivity index (χ0n) is 19.4. The summed E-state index contributed by atoms with van der Waals surface area (Å²) in [6.07, 6.45) is 14.3. The molecule has 4 heteroatoms. The molecular weight excluding hydrogens is 372 g/mol. The fourth-order valence-electron chi connectivity index (χ4n) is 8.78. The molecule has 30 heavy (non-hydrogen) atoms. The Labute approximate surface area is 181 Å². The molecule has 4 aliphatic rings.